The Labute approximate surface area is 72.8 Å². The smallest absolute Gasteiger partial charge is 0.00189 e. The second-order valence-electron chi connectivity index (χ2n) is 2.50. The number of hydrogen-bond acceptors (Lipinski definition) is 1. The topological polar surface area (TPSA) is 3.24 Å². The molecule has 0 aromatic heterocycles. The molecule has 0 amide bonds. The van der Waals surface area contributed by atoms with E-state index in [0.29, 0.717) is 0 Å². The summed E-state index contributed by atoms with van der Waals surface area (Å²) in [7, 11) is 2.17. The molecule has 1 nitrogen and oxygen atoms in total. The summed E-state index contributed by atoms with van der Waals surface area (Å²) in [6.07, 6.45) is 1.37. The Bertz CT molecular complexity index is 55.9. The van der Waals surface area contributed by atoms with Gasteiger partial charge in [-0.25, -0.2) is 0 Å². The molecule has 0 atom stereocenters. The standard InChI is InChI=1S/C6H13N.2C2H6/c1-3-6-4-7(2)5-6;2*1-2/h6H,3-5H2,1-2H3;2*1-2H3. The predicted molar refractivity (Wildman–Crippen MR) is 54.0 cm³/mol. The number of hydrogen-bond donors (Lipinski definition) is 0. The molecule has 1 aliphatic rings. The normalized spacial score (nSPS) is 16.9. The summed E-state index contributed by atoms with van der Waals surface area (Å²) in [6.45, 7) is 12.9. The van der Waals surface area contributed by atoms with Gasteiger partial charge in [0.1, 0.15) is 0 Å². The molecular weight excluding hydrogens is 134 g/mol. The molecule has 0 radical (unpaired) electrons. The van der Waals surface area contributed by atoms with Crippen LogP contribution < -0.4 is 0 Å². The second kappa shape index (κ2) is 9.96. The van der Waals surface area contributed by atoms with Crippen LogP contribution in [0.15, 0.2) is 0 Å². The van der Waals surface area contributed by atoms with Gasteiger partial charge in [0.05, 0.1) is 0 Å². The first-order valence-corrected chi connectivity index (χ1v) is 5.01. The van der Waals surface area contributed by atoms with Crippen LogP contribution in [0.4, 0.5) is 0 Å². The van der Waals surface area contributed by atoms with Crippen LogP contribution in [-0.4, -0.2) is 25.0 Å². The van der Waals surface area contributed by atoms with Crippen molar-refractivity contribution in [3.8, 4) is 0 Å². The van der Waals surface area contributed by atoms with Crippen LogP contribution in [0, 0.1) is 5.92 Å². The third kappa shape index (κ3) is 6.36. The van der Waals surface area contributed by atoms with Gasteiger partial charge in [-0.15, -0.1) is 0 Å². The third-order valence-corrected chi connectivity index (χ3v) is 1.72. The fourth-order valence-corrected chi connectivity index (χ4v) is 1.09. The molecule has 11 heavy (non-hydrogen) atoms. The molecule has 0 saturated carbocycles. The first-order chi connectivity index (χ1) is 5.33. The summed E-state index contributed by atoms with van der Waals surface area (Å²) in [5.74, 6) is 1.02. The van der Waals surface area contributed by atoms with Gasteiger partial charge < -0.3 is 4.90 Å². The van der Waals surface area contributed by atoms with E-state index < -0.39 is 0 Å². The van der Waals surface area contributed by atoms with Gasteiger partial charge in [-0.2, -0.15) is 0 Å². The van der Waals surface area contributed by atoms with Crippen molar-refractivity contribution in [3.63, 3.8) is 0 Å². The Morgan fingerprint density at radius 3 is 1.55 bits per heavy atom. The molecule has 0 N–H and O–H groups in total. The Balaban J connectivity index is 0. The van der Waals surface area contributed by atoms with Crippen molar-refractivity contribution >= 4 is 0 Å². The summed E-state index contributed by atoms with van der Waals surface area (Å²) < 4.78 is 0. The van der Waals surface area contributed by atoms with Crippen LogP contribution in [0.3, 0.4) is 0 Å². The van der Waals surface area contributed by atoms with E-state index >= 15 is 0 Å². The molecular formula is C10H25N. The Morgan fingerprint density at radius 1 is 1.09 bits per heavy atom. The quantitative estimate of drug-likeness (QED) is 0.568. The van der Waals surface area contributed by atoms with Crippen molar-refractivity contribution in [1.82, 2.24) is 4.90 Å². The maximum atomic E-state index is 2.36. The van der Waals surface area contributed by atoms with Crippen LogP contribution in [0.25, 0.3) is 0 Å². The van der Waals surface area contributed by atoms with E-state index in [0.717, 1.165) is 5.92 Å². The molecule has 0 aromatic carbocycles. The largest absolute Gasteiger partial charge is 0.306 e. The molecule has 1 saturated heterocycles. The molecule has 0 aromatic rings. The maximum absolute atomic E-state index is 2.36. The van der Waals surface area contributed by atoms with Crippen molar-refractivity contribution in [1.29, 1.82) is 0 Å². The van der Waals surface area contributed by atoms with Crippen LogP contribution in [0.5, 0.6) is 0 Å². The van der Waals surface area contributed by atoms with Crippen LogP contribution in [-0.2, 0) is 0 Å². The van der Waals surface area contributed by atoms with Gasteiger partial charge in [-0.3, -0.25) is 0 Å². The molecule has 1 aliphatic heterocycles. The van der Waals surface area contributed by atoms with E-state index in [1.54, 1.807) is 0 Å². The summed E-state index contributed by atoms with van der Waals surface area (Å²) >= 11 is 0. The summed E-state index contributed by atoms with van der Waals surface area (Å²) in [5, 5.41) is 0. The summed E-state index contributed by atoms with van der Waals surface area (Å²) in [6, 6.07) is 0. The Kier molecular flexibility index (Phi) is 12.3. The molecule has 70 valence electrons. The van der Waals surface area contributed by atoms with E-state index in [-0.39, 0.29) is 0 Å². The average molecular weight is 159 g/mol. The second-order valence-corrected chi connectivity index (χ2v) is 2.50. The van der Waals surface area contributed by atoms with Crippen molar-refractivity contribution < 1.29 is 0 Å². The van der Waals surface area contributed by atoms with E-state index in [2.05, 4.69) is 18.9 Å². The van der Waals surface area contributed by atoms with Crippen LogP contribution in [0.2, 0.25) is 0 Å². The molecule has 0 aliphatic carbocycles. The highest BCUT2D eigenvalue weighted by Crippen LogP contribution is 2.14. The van der Waals surface area contributed by atoms with Gasteiger partial charge in [0.15, 0.2) is 0 Å². The highest BCUT2D eigenvalue weighted by molar-refractivity contribution is 4.74. The third-order valence-electron chi connectivity index (χ3n) is 1.72. The van der Waals surface area contributed by atoms with E-state index in [1.807, 2.05) is 27.7 Å². The van der Waals surface area contributed by atoms with Crippen molar-refractivity contribution in [2.75, 3.05) is 20.1 Å². The number of likely N-dealkylation sites (tertiary alicyclic amines) is 1. The highest BCUT2D eigenvalue weighted by Gasteiger charge is 2.19. The zero-order chi connectivity index (χ0) is 9.28. The zero-order valence-corrected chi connectivity index (χ0v) is 9.15. The Morgan fingerprint density at radius 2 is 1.45 bits per heavy atom. The van der Waals surface area contributed by atoms with Gasteiger partial charge in [-0.05, 0) is 13.0 Å². The highest BCUT2D eigenvalue weighted by atomic mass is 15.2. The van der Waals surface area contributed by atoms with E-state index in [1.165, 1.54) is 19.5 Å². The van der Waals surface area contributed by atoms with Gasteiger partial charge in [0.25, 0.3) is 0 Å². The average Bonchev–Trinajstić information content (AvgIpc) is 2.06. The molecule has 1 heteroatoms. The van der Waals surface area contributed by atoms with E-state index in [9.17, 15) is 0 Å². The SMILES string of the molecule is CC.CC.CCC1CN(C)C1. The fourth-order valence-electron chi connectivity index (χ4n) is 1.09. The lowest BCUT2D eigenvalue weighted by atomic mass is 9.99. The molecule has 1 heterocycles. The fraction of sp³-hybridized carbons (Fsp3) is 1.00. The van der Waals surface area contributed by atoms with Gasteiger partial charge in [0.2, 0.25) is 0 Å². The minimum atomic E-state index is 1.02. The van der Waals surface area contributed by atoms with Crippen LogP contribution >= 0.6 is 0 Å². The molecule has 0 unspecified atom stereocenters. The molecule has 0 bridgehead atoms. The van der Waals surface area contributed by atoms with Gasteiger partial charge in [-0.1, -0.05) is 41.0 Å². The summed E-state index contributed by atoms with van der Waals surface area (Å²) in [4.78, 5) is 2.36. The summed E-state index contributed by atoms with van der Waals surface area (Å²) in [5.41, 5.74) is 0. The zero-order valence-electron chi connectivity index (χ0n) is 9.15. The van der Waals surface area contributed by atoms with Gasteiger partial charge >= 0.3 is 0 Å². The molecule has 1 rings (SSSR count). The lowest BCUT2D eigenvalue weighted by molar-refractivity contribution is 0.131. The minimum absolute atomic E-state index is 1.02. The van der Waals surface area contributed by atoms with E-state index in [4.69, 9.17) is 0 Å². The Hall–Kier alpha value is -0.0400. The first kappa shape index (κ1) is 13.5. The monoisotopic (exact) mass is 159 g/mol. The maximum Gasteiger partial charge on any atom is 0.00189 e. The number of nitrogens with zero attached hydrogens (tertiary/aromatic N) is 1. The molecule has 0 spiro atoms. The van der Waals surface area contributed by atoms with Crippen molar-refractivity contribution in [2.45, 2.75) is 41.0 Å². The predicted octanol–water partition coefficient (Wildman–Crippen LogP) is 3.01. The van der Waals surface area contributed by atoms with Crippen LogP contribution in [0.1, 0.15) is 41.0 Å². The first-order valence-electron chi connectivity index (χ1n) is 5.01. The van der Waals surface area contributed by atoms with Crippen molar-refractivity contribution in [3.05, 3.63) is 0 Å². The van der Waals surface area contributed by atoms with Crippen molar-refractivity contribution in [2.24, 2.45) is 5.92 Å². The minimum Gasteiger partial charge on any atom is -0.306 e. The lowest BCUT2D eigenvalue weighted by Crippen LogP contribution is -2.42. The molecule has 1 fully saturated rings. The lowest BCUT2D eigenvalue weighted by Gasteiger charge is -2.35. The van der Waals surface area contributed by atoms with Gasteiger partial charge in [0, 0.05) is 13.1 Å². The number of rotatable bonds is 1.